The molecule has 2 aromatic carbocycles. The van der Waals surface area contributed by atoms with E-state index in [1.54, 1.807) is 25.1 Å². The topological polar surface area (TPSA) is 66.5 Å². The highest BCUT2D eigenvalue weighted by Crippen LogP contribution is 2.22. The third-order valence-electron chi connectivity index (χ3n) is 3.57. The van der Waals surface area contributed by atoms with Gasteiger partial charge in [0.25, 0.3) is 0 Å². The molecule has 0 bridgehead atoms. The molecule has 7 heteroatoms. The highest BCUT2D eigenvalue weighted by molar-refractivity contribution is 7.89. The molecule has 0 spiro atoms. The number of hydrogen-bond acceptors (Lipinski definition) is 3. The van der Waals surface area contributed by atoms with Crippen molar-refractivity contribution in [1.29, 1.82) is 0 Å². The average Bonchev–Trinajstić information content (AvgIpc) is 2.51. The zero-order chi connectivity index (χ0) is 17.9. The Morgan fingerprint density at radius 3 is 2.46 bits per heavy atom. The smallest absolute Gasteiger partial charge is 0.242 e. The van der Waals surface area contributed by atoms with Crippen molar-refractivity contribution in [2.45, 2.75) is 18.2 Å². The van der Waals surface area contributed by atoms with Crippen molar-refractivity contribution in [3.63, 3.8) is 0 Å². The molecule has 0 aliphatic carbocycles. The Balaban J connectivity index is 2.23. The lowest BCUT2D eigenvalue weighted by Crippen LogP contribution is -2.22. The Hall–Kier alpha value is -2.25. The second kappa shape index (κ2) is 7.11. The summed E-state index contributed by atoms with van der Waals surface area (Å²) in [6.07, 6.45) is -0.128. The Kier molecular flexibility index (Phi) is 5.36. The van der Waals surface area contributed by atoms with Gasteiger partial charge < -0.3 is 5.32 Å². The van der Waals surface area contributed by atoms with Gasteiger partial charge in [-0.15, -0.1) is 0 Å². The van der Waals surface area contributed by atoms with E-state index in [9.17, 15) is 17.6 Å². The molecule has 0 aliphatic heterocycles. The number of sulfonamides is 1. The second-order valence-electron chi connectivity index (χ2n) is 5.58. The number of anilines is 1. The van der Waals surface area contributed by atoms with Crippen LogP contribution in [0.15, 0.2) is 47.4 Å². The summed E-state index contributed by atoms with van der Waals surface area (Å²) >= 11 is 0. The van der Waals surface area contributed by atoms with Crippen LogP contribution in [-0.4, -0.2) is 32.7 Å². The van der Waals surface area contributed by atoms with Crippen LogP contribution in [-0.2, 0) is 21.2 Å². The lowest BCUT2D eigenvalue weighted by Gasteiger charge is -2.14. The maximum atomic E-state index is 13.6. The van der Waals surface area contributed by atoms with E-state index in [4.69, 9.17) is 0 Å². The number of halogens is 1. The van der Waals surface area contributed by atoms with Crippen LogP contribution in [0.25, 0.3) is 0 Å². The van der Waals surface area contributed by atoms with Gasteiger partial charge in [-0.25, -0.2) is 17.1 Å². The number of nitrogens with zero attached hydrogens (tertiary/aromatic N) is 1. The standard InChI is InChI=1S/C17H19FN2O3S/c1-12-8-9-14(24(22,23)20(2)3)11-16(12)19-17(21)10-13-6-4-5-7-15(13)18/h4-9,11H,10H2,1-3H3,(H,19,21). The van der Waals surface area contributed by atoms with Gasteiger partial charge in [0.1, 0.15) is 5.82 Å². The summed E-state index contributed by atoms with van der Waals surface area (Å²) in [5.74, 6) is -0.865. The first-order chi connectivity index (χ1) is 11.2. The first kappa shape index (κ1) is 18.1. The van der Waals surface area contributed by atoms with Gasteiger partial charge in [-0.3, -0.25) is 4.79 Å². The number of rotatable bonds is 5. The van der Waals surface area contributed by atoms with Crippen molar-refractivity contribution in [2.75, 3.05) is 19.4 Å². The summed E-state index contributed by atoms with van der Waals surface area (Å²) in [5.41, 5.74) is 1.39. The summed E-state index contributed by atoms with van der Waals surface area (Å²) in [6, 6.07) is 10.5. The third kappa shape index (κ3) is 3.98. The molecule has 5 nitrogen and oxygen atoms in total. The lowest BCUT2D eigenvalue weighted by atomic mass is 10.1. The van der Waals surface area contributed by atoms with Crippen LogP contribution in [0.1, 0.15) is 11.1 Å². The number of hydrogen-bond donors (Lipinski definition) is 1. The van der Waals surface area contributed by atoms with E-state index in [-0.39, 0.29) is 16.9 Å². The number of nitrogens with one attached hydrogen (secondary N) is 1. The summed E-state index contributed by atoms with van der Waals surface area (Å²) in [4.78, 5) is 12.2. The molecule has 0 aromatic heterocycles. The van der Waals surface area contributed by atoms with E-state index >= 15 is 0 Å². The molecule has 0 fully saturated rings. The van der Waals surface area contributed by atoms with Gasteiger partial charge in [0.2, 0.25) is 15.9 Å². The molecule has 2 aromatic rings. The fourth-order valence-electron chi connectivity index (χ4n) is 2.12. The molecule has 128 valence electrons. The van der Waals surface area contributed by atoms with Gasteiger partial charge in [-0.05, 0) is 36.2 Å². The third-order valence-corrected chi connectivity index (χ3v) is 5.38. The van der Waals surface area contributed by atoms with Gasteiger partial charge in [-0.2, -0.15) is 0 Å². The summed E-state index contributed by atoms with van der Waals surface area (Å²) < 4.78 is 39.1. The monoisotopic (exact) mass is 350 g/mol. The lowest BCUT2D eigenvalue weighted by molar-refractivity contribution is -0.115. The normalized spacial score (nSPS) is 11.5. The molecule has 0 unspecified atom stereocenters. The molecule has 1 N–H and O–H groups in total. The van der Waals surface area contributed by atoms with Crippen molar-refractivity contribution >= 4 is 21.6 Å². The molecule has 0 aliphatic rings. The van der Waals surface area contributed by atoms with E-state index < -0.39 is 21.7 Å². The van der Waals surface area contributed by atoms with E-state index in [2.05, 4.69) is 5.32 Å². The molecule has 0 radical (unpaired) electrons. The van der Waals surface area contributed by atoms with Crippen LogP contribution in [0.3, 0.4) is 0 Å². The van der Waals surface area contributed by atoms with E-state index in [0.717, 1.165) is 9.87 Å². The number of amides is 1. The number of carbonyl (C=O) groups is 1. The quantitative estimate of drug-likeness (QED) is 0.901. The SMILES string of the molecule is Cc1ccc(S(=O)(=O)N(C)C)cc1NC(=O)Cc1ccccc1F. The van der Waals surface area contributed by atoms with Gasteiger partial charge >= 0.3 is 0 Å². The molecule has 24 heavy (non-hydrogen) atoms. The summed E-state index contributed by atoms with van der Waals surface area (Å²) in [7, 11) is -0.723. The highest BCUT2D eigenvalue weighted by atomic mass is 32.2. The zero-order valence-electron chi connectivity index (χ0n) is 13.7. The van der Waals surface area contributed by atoms with Crippen molar-refractivity contribution < 1.29 is 17.6 Å². The average molecular weight is 350 g/mol. The van der Waals surface area contributed by atoms with Crippen molar-refractivity contribution in [3.8, 4) is 0 Å². The second-order valence-corrected chi connectivity index (χ2v) is 7.73. The Morgan fingerprint density at radius 2 is 1.83 bits per heavy atom. The van der Waals surface area contributed by atoms with Crippen LogP contribution in [0, 0.1) is 12.7 Å². The summed E-state index contributed by atoms with van der Waals surface area (Å²) in [5, 5.41) is 2.65. The van der Waals surface area contributed by atoms with Crippen molar-refractivity contribution in [1.82, 2.24) is 4.31 Å². The number of aryl methyl sites for hydroxylation is 1. The molecular weight excluding hydrogens is 331 g/mol. The molecule has 0 atom stereocenters. The molecule has 0 saturated carbocycles. The zero-order valence-corrected chi connectivity index (χ0v) is 14.5. The fourth-order valence-corrected chi connectivity index (χ4v) is 3.04. The first-order valence-electron chi connectivity index (χ1n) is 7.28. The summed E-state index contributed by atoms with van der Waals surface area (Å²) in [6.45, 7) is 1.75. The van der Waals surface area contributed by atoms with Crippen LogP contribution >= 0.6 is 0 Å². The van der Waals surface area contributed by atoms with Crippen LogP contribution in [0.4, 0.5) is 10.1 Å². The first-order valence-corrected chi connectivity index (χ1v) is 8.72. The predicted molar refractivity (Wildman–Crippen MR) is 90.8 cm³/mol. The van der Waals surface area contributed by atoms with Gasteiger partial charge in [0.15, 0.2) is 0 Å². The van der Waals surface area contributed by atoms with Gasteiger partial charge in [-0.1, -0.05) is 24.3 Å². The fraction of sp³-hybridized carbons (Fsp3) is 0.235. The van der Waals surface area contributed by atoms with Gasteiger partial charge in [0.05, 0.1) is 11.3 Å². The molecule has 2 rings (SSSR count). The Labute approximate surface area is 141 Å². The maximum absolute atomic E-state index is 13.6. The predicted octanol–water partition coefficient (Wildman–Crippen LogP) is 2.57. The molecule has 0 saturated heterocycles. The minimum absolute atomic E-state index is 0.0827. The van der Waals surface area contributed by atoms with E-state index in [0.29, 0.717) is 5.69 Å². The van der Waals surface area contributed by atoms with E-state index in [1.165, 1.54) is 38.4 Å². The van der Waals surface area contributed by atoms with E-state index in [1.807, 2.05) is 0 Å². The molecule has 1 amide bonds. The largest absolute Gasteiger partial charge is 0.326 e. The molecule has 0 heterocycles. The van der Waals surface area contributed by atoms with Crippen LogP contribution < -0.4 is 5.32 Å². The van der Waals surface area contributed by atoms with Crippen molar-refractivity contribution in [3.05, 3.63) is 59.4 Å². The Morgan fingerprint density at radius 1 is 1.17 bits per heavy atom. The van der Waals surface area contributed by atoms with Crippen LogP contribution in [0.2, 0.25) is 0 Å². The number of benzene rings is 2. The minimum atomic E-state index is -3.60. The van der Waals surface area contributed by atoms with Gasteiger partial charge in [0, 0.05) is 19.8 Å². The number of carbonyl (C=O) groups excluding carboxylic acids is 1. The molecular formula is C17H19FN2O3S. The van der Waals surface area contributed by atoms with Crippen molar-refractivity contribution in [2.24, 2.45) is 0 Å². The minimum Gasteiger partial charge on any atom is -0.326 e. The van der Waals surface area contributed by atoms with Crippen LogP contribution in [0.5, 0.6) is 0 Å². The highest BCUT2D eigenvalue weighted by Gasteiger charge is 2.19. The Bertz CT molecular complexity index is 864. The maximum Gasteiger partial charge on any atom is 0.242 e.